The Hall–Kier alpha value is -3.06. The Bertz CT molecular complexity index is 1150. The average Bonchev–Trinajstić information content (AvgIpc) is 2.82. The Morgan fingerprint density at radius 2 is 1.82 bits per heavy atom. The van der Waals surface area contributed by atoms with E-state index in [-0.39, 0.29) is 11.6 Å². The maximum Gasteiger partial charge on any atom is 0.228 e. The van der Waals surface area contributed by atoms with E-state index in [1.807, 2.05) is 13.0 Å². The molecule has 172 valence electrons. The van der Waals surface area contributed by atoms with Crippen LogP contribution < -0.4 is 9.64 Å². The number of hydrogen-bond donors (Lipinski definition) is 0. The molecule has 2 aromatic carbocycles. The molecule has 0 unspecified atom stereocenters. The van der Waals surface area contributed by atoms with Crippen molar-refractivity contribution in [1.29, 1.82) is 0 Å². The van der Waals surface area contributed by atoms with Crippen molar-refractivity contribution in [3.05, 3.63) is 76.5 Å². The molecule has 0 saturated carbocycles. The van der Waals surface area contributed by atoms with Crippen LogP contribution in [-0.2, 0) is 19.5 Å². The highest BCUT2D eigenvalue weighted by molar-refractivity contribution is 5.44. The van der Waals surface area contributed by atoms with Gasteiger partial charge in [0.2, 0.25) is 11.8 Å². The molecule has 0 radical (unpaired) electrons. The number of ether oxygens (including phenoxy) is 1. The third-order valence-electron chi connectivity index (χ3n) is 6.33. The summed E-state index contributed by atoms with van der Waals surface area (Å²) in [6.45, 7) is 5.65. The number of rotatable bonds is 5. The summed E-state index contributed by atoms with van der Waals surface area (Å²) in [6, 6.07) is 11.3. The summed E-state index contributed by atoms with van der Waals surface area (Å²) in [5.74, 6) is 0.989. The largest absolute Gasteiger partial charge is 0.438 e. The summed E-state index contributed by atoms with van der Waals surface area (Å²) in [5.41, 5.74) is 3.56. The molecule has 0 aliphatic carbocycles. The standard InChI is InChI=1S/C26H28F2N4O/c1-18-8-9-23(28)19(14-18)16-31-13-10-24-22(17-31)25(33-21-7-5-6-20(27)15-21)30-26(29-24)32-11-3-2-4-12-32/h5-9,14-15H,2-4,10-13,16-17H2,1H3. The molecule has 0 amide bonds. The van der Waals surface area contributed by atoms with Crippen molar-refractivity contribution in [3.63, 3.8) is 0 Å². The van der Waals surface area contributed by atoms with Crippen molar-refractivity contribution < 1.29 is 13.5 Å². The fourth-order valence-corrected chi connectivity index (χ4v) is 4.59. The monoisotopic (exact) mass is 450 g/mol. The Morgan fingerprint density at radius 3 is 2.64 bits per heavy atom. The zero-order valence-corrected chi connectivity index (χ0v) is 18.9. The predicted molar refractivity (Wildman–Crippen MR) is 124 cm³/mol. The van der Waals surface area contributed by atoms with E-state index in [1.54, 1.807) is 18.2 Å². The molecule has 0 atom stereocenters. The lowest BCUT2D eigenvalue weighted by molar-refractivity contribution is 0.235. The minimum absolute atomic E-state index is 0.195. The molecule has 1 aromatic heterocycles. The quantitative estimate of drug-likeness (QED) is 0.520. The smallest absolute Gasteiger partial charge is 0.228 e. The summed E-state index contributed by atoms with van der Waals surface area (Å²) < 4.78 is 34.3. The first-order valence-electron chi connectivity index (χ1n) is 11.6. The predicted octanol–water partition coefficient (Wildman–Crippen LogP) is 5.40. The minimum atomic E-state index is -0.358. The van der Waals surface area contributed by atoms with Gasteiger partial charge in [0.15, 0.2) is 0 Å². The van der Waals surface area contributed by atoms with E-state index in [4.69, 9.17) is 14.7 Å². The summed E-state index contributed by atoms with van der Waals surface area (Å²) in [5, 5.41) is 0. The van der Waals surface area contributed by atoms with Gasteiger partial charge in [-0.15, -0.1) is 0 Å². The number of benzene rings is 2. The summed E-state index contributed by atoms with van der Waals surface area (Å²) in [4.78, 5) is 14.1. The van der Waals surface area contributed by atoms with Crippen molar-refractivity contribution in [2.24, 2.45) is 0 Å². The molecule has 7 heteroatoms. The maximum absolute atomic E-state index is 14.4. The molecule has 0 spiro atoms. The van der Waals surface area contributed by atoms with Crippen LogP contribution in [0.3, 0.4) is 0 Å². The molecule has 5 rings (SSSR count). The topological polar surface area (TPSA) is 41.5 Å². The van der Waals surface area contributed by atoms with E-state index in [1.165, 1.54) is 24.6 Å². The van der Waals surface area contributed by atoms with Crippen LogP contribution in [0.1, 0.15) is 41.6 Å². The van der Waals surface area contributed by atoms with Gasteiger partial charge in [0, 0.05) is 50.8 Å². The summed E-state index contributed by atoms with van der Waals surface area (Å²) in [7, 11) is 0. The molecule has 1 fully saturated rings. The van der Waals surface area contributed by atoms with Crippen molar-refractivity contribution in [2.75, 3.05) is 24.5 Å². The summed E-state index contributed by atoms with van der Waals surface area (Å²) in [6.07, 6.45) is 4.19. The molecule has 1 saturated heterocycles. The van der Waals surface area contributed by atoms with Gasteiger partial charge in [-0.2, -0.15) is 4.98 Å². The van der Waals surface area contributed by atoms with E-state index < -0.39 is 0 Å². The van der Waals surface area contributed by atoms with Crippen molar-refractivity contribution in [2.45, 2.75) is 45.7 Å². The number of halogens is 2. The second-order valence-electron chi connectivity index (χ2n) is 8.92. The van der Waals surface area contributed by atoms with E-state index in [0.717, 1.165) is 55.7 Å². The first-order valence-corrected chi connectivity index (χ1v) is 11.6. The van der Waals surface area contributed by atoms with Crippen LogP contribution in [0.5, 0.6) is 11.6 Å². The van der Waals surface area contributed by atoms with Gasteiger partial charge in [-0.3, -0.25) is 4.90 Å². The van der Waals surface area contributed by atoms with Crippen molar-refractivity contribution >= 4 is 5.95 Å². The van der Waals surface area contributed by atoms with Crippen LogP contribution in [0.15, 0.2) is 42.5 Å². The lowest BCUT2D eigenvalue weighted by atomic mass is 10.0. The van der Waals surface area contributed by atoms with E-state index >= 15 is 0 Å². The molecule has 3 aromatic rings. The molecular formula is C26H28F2N4O. The van der Waals surface area contributed by atoms with Gasteiger partial charge in [-0.05, 0) is 44.4 Å². The van der Waals surface area contributed by atoms with E-state index in [9.17, 15) is 8.78 Å². The molecule has 0 N–H and O–H groups in total. The zero-order chi connectivity index (χ0) is 22.8. The first-order chi connectivity index (χ1) is 16.0. The van der Waals surface area contributed by atoms with Gasteiger partial charge in [0.05, 0.1) is 11.3 Å². The minimum Gasteiger partial charge on any atom is -0.438 e. The van der Waals surface area contributed by atoms with Crippen LogP contribution in [0, 0.1) is 18.6 Å². The van der Waals surface area contributed by atoms with Gasteiger partial charge in [-0.25, -0.2) is 13.8 Å². The number of nitrogens with zero attached hydrogens (tertiary/aromatic N) is 4. The highest BCUT2D eigenvalue weighted by Crippen LogP contribution is 2.33. The van der Waals surface area contributed by atoms with Gasteiger partial charge >= 0.3 is 0 Å². The second kappa shape index (κ2) is 9.43. The molecule has 3 heterocycles. The third kappa shape index (κ3) is 4.98. The molecular weight excluding hydrogens is 422 g/mol. The van der Waals surface area contributed by atoms with Crippen molar-refractivity contribution in [3.8, 4) is 11.6 Å². The van der Waals surface area contributed by atoms with E-state index in [2.05, 4.69) is 9.80 Å². The van der Waals surface area contributed by atoms with E-state index in [0.29, 0.717) is 36.2 Å². The normalized spacial score (nSPS) is 16.5. The highest BCUT2D eigenvalue weighted by Gasteiger charge is 2.26. The Balaban J connectivity index is 1.46. The lowest BCUT2D eigenvalue weighted by Crippen LogP contribution is -2.34. The molecule has 2 aliphatic heterocycles. The number of fused-ring (bicyclic) bond motifs is 1. The summed E-state index contributed by atoms with van der Waals surface area (Å²) >= 11 is 0. The van der Waals surface area contributed by atoms with Gasteiger partial charge in [-0.1, -0.05) is 23.8 Å². The van der Waals surface area contributed by atoms with Crippen LogP contribution in [0.25, 0.3) is 0 Å². The van der Waals surface area contributed by atoms with Crippen LogP contribution in [-0.4, -0.2) is 34.5 Å². The Morgan fingerprint density at radius 1 is 0.970 bits per heavy atom. The van der Waals surface area contributed by atoms with Gasteiger partial charge < -0.3 is 9.64 Å². The number of hydrogen-bond acceptors (Lipinski definition) is 5. The Kier molecular flexibility index (Phi) is 6.22. The van der Waals surface area contributed by atoms with Crippen LogP contribution in [0.2, 0.25) is 0 Å². The van der Waals surface area contributed by atoms with Gasteiger partial charge in [0.25, 0.3) is 0 Å². The molecule has 33 heavy (non-hydrogen) atoms. The van der Waals surface area contributed by atoms with Gasteiger partial charge in [0.1, 0.15) is 17.4 Å². The van der Waals surface area contributed by atoms with Crippen LogP contribution in [0.4, 0.5) is 14.7 Å². The highest BCUT2D eigenvalue weighted by atomic mass is 19.1. The van der Waals surface area contributed by atoms with Crippen molar-refractivity contribution in [1.82, 2.24) is 14.9 Å². The molecule has 5 nitrogen and oxygen atoms in total. The Labute approximate surface area is 193 Å². The number of piperidine rings is 1. The zero-order valence-electron chi connectivity index (χ0n) is 18.9. The first kappa shape index (κ1) is 21.8. The average molecular weight is 451 g/mol. The molecule has 0 bridgehead atoms. The fraction of sp³-hybridized carbons (Fsp3) is 0.385. The number of anilines is 1. The number of aryl methyl sites for hydroxylation is 1. The molecule has 2 aliphatic rings. The lowest BCUT2D eigenvalue weighted by Gasteiger charge is -2.32. The SMILES string of the molecule is Cc1ccc(F)c(CN2CCc3nc(N4CCCCC4)nc(Oc4cccc(F)c4)c3C2)c1. The maximum atomic E-state index is 14.4. The number of aromatic nitrogens is 2. The second-order valence-corrected chi connectivity index (χ2v) is 8.92. The van der Waals surface area contributed by atoms with Crippen LogP contribution >= 0.6 is 0 Å². The third-order valence-corrected chi connectivity index (χ3v) is 6.33. The fourth-order valence-electron chi connectivity index (χ4n) is 4.59.